The van der Waals surface area contributed by atoms with Gasteiger partial charge in [-0.3, -0.25) is 11.3 Å². The third-order valence-electron chi connectivity index (χ3n) is 3.32. The molecule has 100 valence electrons. The number of halogens is 3. The highest BCUT2D eigenvalue weighted by atomic mass is 19.2. The summed E-state index contributed by atoms with van der Waals surface area (Å²) < 4.78 is 45.0. The molecule has 0 aromatic heterocycles. The molecule has 0 radical (unpaired) electrons. The minimum absolute atomic E-state index is 0.0445. The summed E-state index contributed by atoms with van der Waals surface area (Å²) >= 11 is 0. The lowest BCUT2D eigenvalue weighted by atomic mass is 9.87. The van der Waals surface area contributed by atoms with Crippen LogP contribution in [0.4, 0.5) is 13.2 Å². The van der Waals surface area contributed by atoms with Gasteiger partial charge >= 0.3 is 0 Å². The van der Waals surface area contributed by atoms with E-state index in [2.05, 4.69) is 5.43 Å². The van der Waals surface area contributed by atoms with Crippen molar-refractivity contribution in [3.63, 3.8) is 0 Å². The molecule has 1 atom stereocenters. The Balaban J connectivity index is 2.29. The lowest BCUT2D eigenvalue weighted by Gasteiger charge is -2.30. The van der Waals surface area contributed by atoms with Crippen LogP contribution in [0.25, 0.3) is 0 Å². The van der Waals surface area contributed by atoms with Gasteiger partial charge in [0, 0.05) is 18.8 Å². The van der Waals surface area contributed by atoms with Gasteiger partial charge < -0.3 is 4.74 Å². The van der Waals surface area contributed by atoms with E-state index in [9.17, 15) is 13.2 Å². The first-order valence-electron chi connectivity index (χ1n) is 5.82. The van der Waals surface area contributed by atoms with E-state index in [0.717, 1.165) is 6.07 Å². The maximum atomic E-state index is 13.7. The number of nitrogens with two attached hydrogens (primary N) is 1. The van der Waals surface area contributed by atoms with Crippen molar-refractivity contribution in [1.29, 1.82) is 0 Å². The summed E-state index contributed by atoms with van der Waals surface area (Å²) in [6.07, 6.45) is 1.40. The highest BCUT2D eigenvalue weighted by Crippen LogP contribution is 2.32. The molecule has 1 heterocycles. The van der Waals surface area contributed by atoms with E-state index < -0.39 is 23.5 Å². The molecular weight excluding hydrogens is 245 g/mol. The quantitative estimate of drug-likeness (QED) is 0.496. The monoisotopic (exact) mass is 260 g/mol. The number of hydrogen-bond donors (Lipinski definition) is 2. The topological polar surface area (TPSA) is 47.3 Å². The van der Waals surface area contributed by atoms with Crippen molar-refractivity contribution in [2.75, 3.05) is 13.2 Å². The number of hydrazine groups is 1. The predicted octanol–water partition coefficient (Wildman–Crippen LogP) is 2.03. The minimum atomic E-state index is -1.46. The molecule has 1 saturated heterocycles. The number of benzene rings is 1. The Labute approximate surface area is 103 Å². The fourth-order valence-corrected chi connectivity index (χ4v) is 2.31. The summed E-state index contributed by atoms with van der Waals surface area (Å²) in [4.78, 5) is 0. The average molecular weight is 260 g/mol. The molecule has 1 unspecified atom stereocenters. The van der Waals surface area contributed by atoms with Gasteiger partial charge in [-0.15, -0.1) is 0 Å². The molecular formula is C12H15F3N2O. The Morgan fingerprint density at radius 3 is 2.44 bits per heavy atom. The van der Waals surface area contributed by atoms with E-state index in [1.165, 1.54) is 6.07 Å². The van der Waals surface area contributed by atoms with Crippen LogP contribution >= 0.6 is 0 Å². The van der Waals surface area contributed by atoms with Crippen LogP contribution in [0.1, 0.15) is 24.4 Å². The molecule has 1 aliphatic heterocycles. The van der Waals surface area contributed by atoms with Crippen molar-refractivity contribution < 1.29 is 17.9 Å². The van der Waals surface area contributed by atoms with Crippen LogP contribution in [-0.2, 0) is 4.74 Å². The Kier molecular flexibility index (Phi) is 4.21. The molecule has 1 aromatic rings. The smallest absolute Gasteiger partial charge is 0.194 e. The first-order valence-corrected chi connectivity index (χ1v) is 5.82. The zero-order valence-electron chi connectivity index (χ0n) is 9.76. The molecule has 1 fully saturated rings. The molecule has 3 N–H and O–H groups in total. The van der Waals surface area contributed by atoms with Crippen molar-refractivity contribution in [1.82, 2.24) is 5.43 Å². The fourth-order valence-electron chi connectivity index (χ4n) is 2.31. The van der Waals surface area contributed by atoms with Gasteiger partial charge in [0.25, 0.3) is 0 Å². The van der Waals surface area contributed by atoms with Gasteiger partial charge in [-0.1, -0.05) is 6.07 Å². The second-order valence-corrected chi connectivity index (χ2v) is 4.36. The Bertz CT molecular complexity index is 422. The highest BCUT2D eigenvalue weighted by Gasteiger charge is 2.28. The molecule has 0 spiro atoms. The normalized spacial score (nSPS) is 18.9. The van der Waals surface area contributed by atoms with Gasteiger partial charge in [0.15, 0.2) is 17.5 Å². The molecule has 1 aliphatic rings. The Hall–Kier alpha value is -1.11. The number of ether oxygens (including phenoxy) is 1. The molecule has 0 bridgehead atoms. The van der Waals surface area contributed by atoms with E-state index in [0.29, 0.717) is 26.1 Å². The van der Waals surface area contributed by atoms with Crippen LogP contribution in [0.5, 0.6) is 0 Å². The maximum Gasteiger partial charge on any atom is 0.194 e. The summed E-state index contributed by atoms with van der Waals surface area (Å²) in [5, 5.41) is 0. The van der Waals surface area contributed by atoms with Crippen LogP contribution in [0.3, 0.4) is 0 Å². The number of nitrogens with one attached hydrogen (secondary N) is 1. The minimum Gasteiger partial charge on any atom is -0.381 e. The molecule has 0 aliphatic carbocycles. The van der Waals surface area contributed by atoms with Gasteiger partial charge in [0.2, 0.25) is 0 Å². The van der Waals surface area contributed by atoms with Gasteiger partial charge in [-0.25, -0.2) is 13.2 Å². The zero-order chi connectivity index (χ0) is 13.1. The summed E-state index contributed by atoms with van der Waals surface area (Å²) in [6.45, 7) is 1.13. The third-order valence-corrected chi connectivity index (χ3v) is 3.32. The SMILES string of the molecule is NNC(c1ccc(F)c(F)c1F)C1CCOCC1. The van der Waals surface area contributed by atoms with Crippen molar-refractivity contribution in [3.05, 3.63) is 35.1 Å². The van der Waals surface area contributed by atoms with Crippen LogP contribution in [0.2, 0.25) is 0 Å². The Morgan fingerprint density at radius 2 is 1.83 bits per heavy atom. The van der Waals surface area contributed by atoms with E-state index >= 15 is 0 Å². The van der Waals surface area contributed by atoms with Crippen LogP contribution < -0.4 is 11.3 Å². The van der Waals surface area contributed by atoms with E-state index in [4.69, 9.17) is 10.6 Å². The number of rotatable bonds is 3. The van der Waals surface area contributed by atoms with Crippen molar-refractivity contribution in [2.24, 2.45) is 11.8 Å². The molecule has 6 heteroatoms. The molecule has 1 aromatic carbocycles. The van der Waals surface area contributed by atoms with Gasteiger partial charge in [-0.05, 0) is 24.8 Å². The van der Waals surface area contributed by atoms with E-state index in [1.807, 2.05) is 0 Å². The first-order chi connectivity index (χ1) is 8.65. The summed E-state index contributed by atoms with van der Waals surface area (Å²) in [7, 11) is 0. The second-order valence-electron chi connectivity index (χ2n) is 4.36. The van der Waals surface area contributed by atoms with Crippen LogP contribution in [0, 0.1) is 23.4 Å². The van der Waals surface area contributed by atoms with Gasteiger partial charge in [0.1, 0.15) is 0 Å². The third kappa shape index (κ3) is 2.50. The van der Waals surface area contributed by atoms with Gasteiger partial charge in [0.05, 0.1) is 6.04 Å². The zero-order valence-corrected chi connectivity index (χ0v) is 9.76. The summed E-state index contributed by atoms with van der Waals surface area (Å²) in [6, 6.07) is 1.61. The molecule has 0 amide bonds. The van der Waals surface area contributed by atoms with E-state index in [1.54, 1.807) is 0 Å². The molecule has 3 nitrogen and oxygen atoms in total. The largest absolute Gasteiger partial charge is 0.381 e. The number of hydrogen-bond acceptors (Lipinski definition) is 3. The van der Waals surface area contributed by atoms with Crippen molar-refractivity contribution in [3.8, 4) is 0 Å². The standard InChI is InChI=1S/C12H15F3N2O/c13-9-2-1-8(10(14)11(9)15)12(17-16)7-3-5-18-6-4-7/h1-2,7,12,17H,3-6,16H2. The summed E-state index contributed by atoms with van der Waals surface area (Å²) in [5.74, 6) is 1.63. The van der Waals surface area contributed by atoms with Crippen molar-refractivity contribution in [2.45, 2.75) is 18.9 Å². The highest BCUT2D eigenvalue weighted by molar-refractivity contribution is 5.24. The van der Waals surface area contributed by atoms with Gasteiger partial charge in [-0.2, -0.15) is 0 Å². The molecule has 0 saturated carbocycles. The maximum absolute atomic E-state index is 13.7. The summed E-state index contributed by atoms with van der Waals surface area (Å²) in [5.41, 5.74) is 2.55. The Morgan fingerprint density at radius 1 is 1.17 bits per heavy atom. The average Bonchev–Trinajstić information content (AvgIpc) is 2.41. The lowest BCUT2D eigenvalue weighted by Crippen LogP contribution is -2.37. The lowest BCUT2D eigenvalue weighted by molar-refractivity contribution is 0.0530. The molecule has 18 heavy (non-hydrogen) atoms. The van der Waals surface area contributed by atoms with Crippen LogP contribution in [-0.4, -0.2) is 13.2 Å². The first kappa shape index (κ1) is 13.3. The molecule has 2 rings (SSSR count). The van der Waals surface area contributed by atoms with Crippen LogP contribution in [0.15, 0.2) is 12.1 Å². The van der Waals surface area contributed by atoms with E-state index in [-0.39, 0.29) is 11.5 Å². The van der Waals surface area contributed by atoms with Crippen molar-refractivity contribution >= 4 is 0 Å². The second kappa shape index (κ2) is 5.69. The predicted molar refractivity (Wildman–Crippen MR) is 59.9 cm³/mol. The fraction of sp³-hybridized carbons (Fsp3) is 0.500.